The van der Waals surface area contributed by atoms with E-state index in [9.17, 15) is 17.2 Å². The van der Waals surface area contributed by atoms with Gasteiger partial charge in [-0.2, -0.15) is 17.2 Å². The van der Waals surface area contributed by atoms with E-state index in [0.717, 1.165) is 0 Å². The van der Waals surface area contributed by atoms with Crippen LogP contribution in [0.4, 0.5) is 8.78 Å². The van der Waals surface area contributed by atoms with E-state index in [1.54, 1.807) is 0 Å². The van der Waals surface area contributed by atoms with Gasteiger partial charge in [0.2, 0.25) is 0 Å². The summed E-state index contributed by atoms with van der Waals surface area (Å²) in [5, 5.41) is 0. The van der Waals surface area contributed by atoms with E-state index < -0.39 is 15.6 Å². The Hall–Kier alpha value is -0.270. The van der Waals surface area contributed by atoms with E-state index in [0.29, 0.717) is 7.11 Å². The van der Waals surface area contributed by atoms with Gasteiger partial charge in [-0.15, -0.1) is 0 Å². The molecule has 4 nitrogen and oxygen atoms in total. The minimum absolute atomic E-state index is 0.466. The van der Waals surface area contributed by atoms with Gasteiger partial charge in [0.05, 0.1) is 0 Å². The van der Waals surface area contributed by atoms with Crippen molar-refractivity contribution >= 4 is 10.1 Å². The molecule has 0 radical (unpaired) electrons. The van der Waals surface area contributed by atoms with Gasteiger partial charge >= 0.3 is 15.6 Å². The van der Waals surface area contributed by atoms with Crippen LogP contribution in [0.15, 0.2) is 0 Å². The first-order valence-corrected chi connectivity index (χ1v) is 3.15. The smallest absolute Gasteiger partial charge is 0.309 e. The second-order valence-electron chi connectivity index (χ2n) is 1.14. The monoisotopic (exact) mass is 162 g/mol. The predicted molar refractivity (Wildman–Crippen MR) is 23.5 cm³/mol. The number of hydrogen-bond donors (Lipinski definition) is 1. The third kappa shape index (κ3) is 1.84. The Kier molecular flexibility index (Phi) is 2.10. The molecule has 0 unspecified atom stereocenters. The molecule has 0 saturated carbocycles. The van der Waals surface area contributed by atoms with Crippen molar-refractivity contribution in [3.63, 3.8) is 0 Å². The van der Waals surface area contributed by atoms with Crippen LogP contribution in [-0.2, 0) is 14.9 Å². The topological polar surface area (TPSA) is 63.6 Å². The molecule has 0 aromatic rings. The van der Waals surface area contributed by atoms with Gasteiger partial charge in [0.25, 0.3) is 0 Å². The van der Waals surface area contributed by atoms with Crippen LogP contribution in [0.25, 0.3) is 0 Å². The van der Waals surface area contributed by atoms with E-state index in [-0.39, 0.29) is 0 Å². The van der Waals surface area contributed by atoms with E-state index in [1.165, 1.54) is 0 Å². The molecule has 0 spiro atoms. The van der Waals surface area contributed by atoms with Crippen LogP contribution in [0.2, 0.25) is 0 Å². The lowest BCUT2D eigenvalue weighted by Crippen LogP contribution is -2.29. The Morgan fingerprint density at radius 1 is 1.56 bits per heavy atom. The van der Waals surface area contributed by atoms with Crippen LogP contribution in [0, 0.1) is 0 Å². The zero-order valence-corrected chi connectivity index (χ0v) is 5.15. The van der Waals surface area contributed by atoms with E-state index in [2.05, 4.69) is 4.74 Å². The maximum atomic E-state index is 11.6. The molecule has 0 atom stereocenters. The summed E-state index contributed by atoms with van der Waals surface area (Å²) in [5.41, 5.74) is -4.49. The number of rotatable bonds is 2. The Bertz CT molecular complexity index is 183. The minimum Gasteiger partial charge on any atom is -0.309 e. The molecule has 0 aliphatic heterocycles. The van der Waals surface area contributed by atoms with E-state index in [1.807, 2.05) is 0 Å². The lowest BCUT2D eigenvalue weighted by atomic mass is 11.4. The summed E-state index contributed by atoms with van der Waals surface area (Å²) < 4.78 is 53.1. The highest BCUT2D eigenvalue weighted by Gasteiger charge is 2.44. The molecule has 56 valence electrons. The van der Waals surface area contributed by atoms with Crippen molar-refractivity contribution in [1.29, 1.82) is 0 Å². The quantitative estimate of drug-likeness (QED) is 0.583. The van der Waals surface area contributed by atoms with Gasteiger partial charge < -0.3 is 4.74 Å². The molecule has 0 rings (SSSR count). The summed E-state index contributed by atoms with van der Waals surface area (Å²) in [6, 6.07) is 0. The van der Waals surface area contributed by atoms with Gasteiger partial charge in [-0.05, 0) is 0 Å². The van der Waals surface area contributed by atoms with Crippen molar-refractivity contribution in [2.45, 2.75) is 5.44 Å². The van der Waals surface area contributed by atoms with Crippen LogP contribution in [-0.4, -0.2) is 25.5 Å². The molecular formula is C2H4F2O4S. The number of alkyl halides is 2. The Labute approximate surface area is 50.2 Å². The predicted octanol–water partition coefficient (Wildman–Crippen LogP) is 0.0709. The van der Waals surface area contributed by atoms with E-state index >= 15 is 0 Å². The second-order valence-corrected chi connectivity index (χ2v) is 2.57. The van der Waals surface area contributed by atoms with Crippen LogP contribution in [0.3, 0.4) is 0 Å². The molecule has 0 bridgehead atoms. The fraction of sp³-hybridized carbons (Fsp3) is 1.00. The van der Waals surface area contributed by atoms with Gasteiger partial charge in [0.1, 0.15) is 0 Å². The van der Waals surface area contributed by atoms with Gasteiger partial charge in [-0.3, -0.25) is 4.55 Å². The average molecular weight is 162 g/mol. The zero-order chi connectivity index (χ0) is 7.71. The van der Waals surface area contributed by atoms with Crippen LogP contribution in [0.1, 0.15) is 0 Å². The van der Waals surface area contributed by atoms with Crippen LogP contribution >= 0.6 is 0 Å². The minimum atomic E-state index is -5.41. The molecular weight excluding hydrogens is 158 g/mol. The van der Waals surface area contributed by atoms with E-state index in [4.69, 9.17) is 4.55 Å². The highest BCUT2D eigenvalue weighted by atomic mass is 32.2. The second kappa shape index (κ2) is 2.16. The Balaban J connectivity index is 4.56. The fourth-order valence-corrected chi connectivity index (χ4v) is 0.316. The lowest BCUT2D eigenvalue weighted by Gasteiger charge is -2.07. The molecule has 0 aromatic carbocycles. The lowest BCUT2D eigenvalue weighted by molar-refractivity contribution is -0.153. The SMILES string of the molecule is COC(F)(F)S(=O)(=O)O. The molecule has 7 heteroatoms. The number of ether oxygens (including phenoxy) is 1. The number of methoxy groups -OCH3 is 1. The molecule has 0 heterocycles. The molecule has 1 N–H and O–H groups in total. The number of hydrogen-bond acceptors (Lipinski definition) is 3. The summed E-state index contributed by atoms with van der Waals surface area (Å²) in [4.78, 5) is 0. The average Bonchev–Trinajstić information content (AvgIpc) is 1.64. The van der Waals surface area contributed by atoms with Gasteiger partial charge in [0.15, 0.2) is 0 Å². The van der Waals surface area contributed by atoms with Crippen LogP contribution < -0.4 is 0 Å². The van der Waals surface area contributed by atoms with Crippen molar-refractivity contribution in [3.8, 4) is 0 Å². The van der Waals surface area contributed by atoms with Crippen molar-refractivity contribution in [2.75, 3.05) is 7.11 Å². The number of halogens is 2. The van der Waals surface area contributed by atoms with Crippen molar-refractivity contribution in [1.82, 2.24) is 0 Å². The molecule has 0 aliphatic carbocycles. The third-order valence-corrected chi connectivity index (χ3v) is 1.31. The first-order valence-electron chi connectivity index (χ1n) is 1.71. The highest BCUT2D eigenvalue weighted by Crippen LogP contribution is 2.19. The van der Waals surface area contributed by atoms with Gasteiger partial charge in [-0.1, -0.05) is 0 Å². The summed E-state index contributed by atoms with van der Waals surface area (Å²) in [6.07, 6.45) is 0. The largest absolute Gasteiger partial charge is 0.487 e. The maximum Gasteiger partial charge on any atom is 0.487 e. The summed E-state index contributed by atoms with van der Waals surface area (Å²) in [6.45, 7) is 0. The molecule has 0 aliphatic rings. The molecule has 9 heavy (non-hydrogen) atoms. The molecule has 0 amide bonds. The summed E-state index contributed by atoms with van der Waals surface area (Å²) >= 11 is 0. The van der Waals surface area contributed by atoms with Crippen molar-refractivity contribution < 1.29 is 26.5 Å². The Morgan fingerprint density at radius 2 is 1.89 bits per heavy atom. The highest BCUT2D eigenvalue weighted by molar-refractivity contribution is 7.86. The fourth-order valence-electron chi connectivity index (χ4n) is 0.105. The maximum absolute atomic E-state index is 11.6. The molecule has 0 fully saturated rings. The normalized spacial score (nSPS) is 13.8. The first kappa shape index (κ1) is 8.73. The summed E-state index contributed by atoms with van der Waals surface area (Å²) in [7, 11) is -4.94. The third-order valence-electron chi connectivity index (χ3n) is 0.538. The van der Waals surface area contributed by atoms with Crippen molar-refractivity contribution in [3.05, 3.63) is 0 Å². The first-order chi connectivity index (χ1) is 3.81. The van der Waals surface area contributed by atoms with Gasteiger partial charge in [0, 0.05) is 7.11 Å². The zero-order valence-electron chi connectivity index (χ0n) is 4.34. The summed E-state index contributed by atoms with van der Waals surface area (Å²) in [5.74, 6) is 0. The molecule has 0 aromatic heterocycles. The van der Waals surface area contributed by atoms with Gasteiger partial charge in [-0.25, -0.2) is 0 Å². The Morgan fingerprint density at radius 3 is 1.89 bits per heavy atom. The van der Waals surface area contributed by atoms with Crippen molar-refractivity contribution in [2.24, 2.45) is 0 Å². The standard InChI is InChI=1S/C2H4F2O4S/c1-8-2(3,4)9(5,6)7/h1H3,(H,5,6,7). The van der Waals surface area contributed by atoms with Crippen LogP contribution in [0.5, 0.6) is 0 Å². The molecule has 0 saturated heterocycles.